The quantitative estimate of drug-likeness (QED) is 0.683. The Morgan fingerprint density at radius 2 is 1.77 bits per heavy atom. The summed E-state index contributed by atoms with van der Waals surface area (Å²) in [5, 5.41) is 10.7. The second-order valence-electron chi connectivity index (χ2n) is 5.24. The molecule has 0 aliphatic carbocycles. The maximum atomic E-state index is 13.6. The molecule has 26 heavy (non-hydrogen) atoms. The van der Waals surface area contributed by atoms with Crippen LogP contribution in [0.3, 0.4) is 0 Å². The standard InChI is InChI=1S/C17H11ClF3N3O2/c18-10-3-1-9(2-4-10)17-24-23-13(26-17)7-8-22-16(25)11-5-6-12(19)15(21)14(11)20/h1-6H,7-8H2,(H,22,25). The molecule has 0 saturated heterocycles. The van der Waals surface area contributed by atoms with E-state index in [-0.39, 0.29) is 24.7 Å². The lowest BCUT2D eigenvalue weighted by Crippen LogP contribution is -2.27. The van der Waals surface area contributed by atoms with Crippen LogP contribution in [0.4, 0.5) is 13.2 Å². The Morgan fingerprint density at radius 1 is 1.04 bits per heavy atom. The van der Waals surface area contributed by atoms with E-state index in [1.807, 2.05) is 0 Å². The number of hydrogen-bond donors (Lipinski definition) is 1. The first-order valence-corrected chi connectivity index (χ1v) is 7.83. The van der Waals surface area contributed by atoms with Crippen LogP contribution in [0, 0.1) is 17.5 Å². The molecular weight excluding hydrogens is 371 g/mol. The molecule has 0 saturated carbocycles. The van der Waals surface area contributed by atoms with Crippen LogP contribution in [-0.2, 0) is 6.42 Å². The number of rotatable bonds is 5. The van der Waals surface area contributed by atoms with Gasteiger partial charge in [-0.25, -0.2) is 13.2 Å². The number of nitrogens with zero attached hydrogens (tertiary/aromatic N) is 2. The molecular formula is C17H11ClF3N3O2. The van der Waals surface area contributed by atoms with Gasteiger partial charge >= 0.3 is 0 Å². The number of carbonyl (C=O) groups excluding carboxylic acids is 1. The van der Waals surface area contributed by atoms with Gasteiger partial charge in [0, 0.05) is 23.6 Å². The van der Waals surface area contributed by atoms with E-state index in [0.29, 0.717) is 16.7 Å². The lowest BCUT2D eigenvalue weighted by atomic mass is 10.2. The lowest BCUT2D eigenvalue weighted by molar-refractivity contribution is 0.0948. The Kier molecular flexibility index (Phi) is 5.22. The molecule has 0 aliphatic rings. The fourth-order valence-electron chi connectivity index (χ4n) is 2.14. The Hall–Kier alpha value is -2.87. The predicted octanol–water partition coefficient (Wildman–Crippen LogP) is 3.78. The third kappa shape index (κ3) is 3.85. The van der Waals surface area contributed by atoms with Gasteiger partial charge in [-0.3, -0.25) is 4.79 Å². The van der Waals surface area contributed by atoms with Crippen LogP contribution in [0.25, 0.3) is 11.5 Å². The van der Waals surface area contributed by atoms with Gasteiger partial charge in [-0.1, -0.05) is 11.6 Å². The Labute approximate surface area is 150 Å². The third-order valence-corrected chi connectivity index (χ3v) is 3.71. The van der Waals surface area contributed by atoms with Crippen molar-refractivity contribution < 1.29 is 22.4 Å². The van der Waals surface area contributed by atoms with Crippen molar-refractivity contribution in [3.63, 3.8) is 0 Å². The molecule has 134 valence electrons. The molecule has 0 aliphatic heterocycles. The van der Waals surface area contributed by atoms with Crippen molar-refractivity contribution in [1.82, 2.24) is 15.5 Å². The van der Waals surface area contributed by atoms with E-state index < -0.39 is 28.9 Å². The van der Waals surface area contributed by atoms with Gasteiger partial charge in [-0.2, -0.15) is 0 Å². The van der Waals surface area contributed by atoms with E-state index in [0.717, 1.165) is 6.07 Å². The van der Waals surface area contributed by atoms with Gasteiger partial charge in [0.2, 0.25) is 11.8 Å². The smallest absolute Gasteiger partial charge is 0.254 e. The van der Waals surface area contributed by atoms with Gasteiger partial charge in [-0.15, -0.1) is 10.2 Å². The second kappa shape index (κ2) is 7.57. The third-order valence-electron chi connectivity index (χ3n) is 3.46. The summed E-state index contributed by atoms with van der Waals surface area (Å²) in [4.78, 5) is 11.9. The van der Waals surface area contributed by atoms with Crippen molar-refractivity contribution in [2.75, 3.05) is 6.54 Å². The average Bonchev–Trinajstić information content (AvgIpc) is 3.09. The molecule has 3 rings (SSSR count). The van der Waals surface area contributed by atoms with Crippen LogP contribution in [0.15, 0.2) is 40.8 Å². The van der Waals surface area contributed by atoms with E-state index in [9.17, 15) is 18.0 Å². The molecule has 0 atom stereocenters. The Bertz CT molecular complexity index is 945. The number of nitrogens with one attached hydrogen (secondary N) is 1. The maximum Gasteiger partial charge on any atom is 0.254 e. The number of carbonyl (C=O) groups is 1. The molecule has 1 amide bonds. The normalized spacial score (nSPS) is 10.8. The highest BCUT2D eigenvalue weighted by Gasteiger charge is 2.18. The van der Waals surface area contributed by atoms with Crippen molar-refractivity contribution in [2.24, 2.45) is 0 Å². The van der Waals surface area contributed by atoms with Gasteiger partial charge in [0.05, 0.1) is 5.56 Å². The van der Waals surface area contributed by atoms with Crippen LogP contribution in [0.5, 0.6) is 0 Å². The molecule has 1 heterocycles. The van der Waals surface area contributed by atoms with E-state index in [4.69, 9.17) is 16.0 Å². The molecule has 9 heteroatoms. The summed E-state index contributed by atoms with van der Waals surface area (Å²) in [7, 11) is 0. The van der Waals surface area contributed by atoms with Crippen molar-refractivity contribution in [3.8, 4) is 11.5 Å². The van der Waals surface area contributed by atoms with E-state index in [1.54, 1.807) is 24.3 Å². The monoisotopic (exact) mass is 381 g/mol. The molecule has 0 bridgehead atoms. The van der Waals surface area contributed by atoms with Crippen LogP contribution >= 0.6 is 11.6 Å². The largest absolute Gasteiger partial charge is 0.421 e. The maximum absolute atomic E-state index is 13.6. The predicted molar refractivity (Wildman–Crippen MR) is 87.1 cm³/mol. The second-order valence-corrected chi connectivity index (χ2v) is 5.67. The molecule has 0 radical (unpaired) electrons. The number of halogens is 4. The first-order valence-electron chi connectivity index (χ1n) is 7.45. The van der Waals surface area contributed by atoms with Crippen molar-refractivity contribution in [1.29, 1.82) is 0 Å². The fraction of sp³-hybridized carbons (Fsp3) is 0.118. The molecule has 5 nitrogen and oxygen atoms in total. The summed E-state index contributed by atoms with van der Waals surface area (Å²) in [5.74, 6) is -4.93. The summed E-state index contributed by atoms with van der Waals surface area (Å²) in [5.41, 5.74) is 0.0947. The lowest BCUT2D eigenvalue weighted by Gasteiger charge is -2.05. The molecule has 2 aromatic carbocycles. The SMILES string of the molecule is O=C(NCCc1nnc(-c2ccc(Cl)cc2)o1)c1ccc(F)c(F)c1F. The van der Waals surface area contributed by atoms with Crippen LogP contribution in [-0.4, -0.2) is 22.6 Å². The van der Waals surface area contributed by atoms with Gasteiger partial charge in [-0.05, 0) is 36.4 Å². The molecule has 3 aromatic rings. The summed E-state index contributed by atoms with van der Waals surface area (Å²) in [6.07, 6.45) is 0.178. The zero-order chi connectivity index (χ0) is 18.7. The van der Waals surface area contributed by atoms with Crippen LogP contribution < -0.4 is 5.32 Å². The Morgan fingerprint density at radius 3 is 2.50 bits per heavy atom. The molecule has 0 spiro atoms. The fourth-order valence-corrected chi connectivity index (χ4v) is 2.27. The first kappa shape index (κ1) is 17.9. The minimum Gasteiger partial charge on any atom is -0.421 e. The summed E-state index contributed by atoms with van der Waals surface area (Å²) in [6.45, 7) is 0.0412. The van der Waals surface area contributed by atoms with Crippen LogP contribution in [0.1, 0.15) is 16.2 Å². The highest BCUT2D eigenvalue weighted by atomic mass is 35.5. The highest BCUT2D eigenvalue weighted by Crippen LogP contribution is 2.20. The van der Waals surface area contributed by atoms with Crippen molar-refractivity contribution in [2.45, 2.75) is 6.42 Å². The van der Waals surface area contributed by atoms with Crippen molar-refractivity contribution >= 4 is 17.5 Å². The number of benzene rings is 2. The van der Waals surface area contributed by atoms with Gasteiger partial charge in [0.1, 0.15) is 0 Å². The topological polar surface area (TPSA) is 68.0 Å². The van der Waals surface area contributed by atoms with E-state index >= 15 is 0 Å². The Balaban J connectivity index is 1.59. The summed E-state index contributed by atoms with van der Waals surface area (Å²) in [6, 6.07) is 8.34. The van der Waals surface area contributed by atoms with Gasteiger partial charge in [0.15, 0.2) is 17.5 Å². The highest BCUT2D eigenvalue weighted by molar-refractivity contribution is 6.30. The zero-order valence-corrected chi connectivity index (χ0v) is 13.9. The number of aromatic nitrogens is 2. The zero-order valence-electron chi connectivity index (χ0n) is 13.1. The average molecular weight is 382 g/mol. The first-order chi connectivity index (χ1) is 12.5. The van der Waals surface area contributed by atoms with Crippen LogP contribution in [0.2, 0.25) is 5.02 Å². The van der Waals surface area contributed by atoms with E-state index in [2.05, 4.69) is 15.5 Å². The molecule has 0 fully saturated rings. The van der Waals surface area contributed by atoms with E-state index in [1.165, 1.54) is 0 Å². The van der Waals surface area contributed by atoms with Gasteiger partial charge < -0.3 is 9.73 Å². The molecule has 1 N–H and O–H groups in total. The summed E-state index contributed by atoms with van der Waals surface area (Å²) >= 11 is 5.80. The minimum atomic E-state index is -1.69. The minimum absolute atomic E-state index is 0.0412. The number of amides is 1. The number of hydrogen-bond acceptors (Lipinski definition) is 4. The van der Waals surface area contributed by atoms with Gasteiger partial charge in [0.25, 0.3) is 5.91 Å². The van der Waals surface area contributed by atoms with Crippen molar-refractivity contribution in [3.05, 3.63) is 70.3 Å². The summed E-state index contributed by atoms with van der Waals surface area (Å²) < 4.78 is 45.0. The molecule has 0 unspecified atom stereocenters. The molecule has 1 aromatic heterocycles.